The lowest BCUT2D eigenvalue weighted by molar-refractivity contribution is -0.0579. The molecule has 0 bridgehead atoms. The molecule has 1 aromatic rings. The second-order valence-electron chi connectivity index (χ2n) is 6.36. The largest absolute Gasteiger partial charge is 0.496 e. The van der Waals surface area contributed by atoms with Crippen LogP contribution in [0.5, 0.6) is 11.5 Å². The van der Waals surface area contributed by atoms with E-state index in [4.69, 9.17) is 9.47 Å². The van der Waals surface area contributed by atoms with Crippen molar-refractivity contribution in [3.63, 3.8) is 0 Å². The maximum atomic E-state index is 13.5. The Morgan fingerprint density at radius 1 is 1.24 bits per heavy atom. The summed E-state index contributed by atoms with van der Waals surface area (Å²) in [6.07, 6.45) is -2.98. The molecule has 0 N–H and O–H groups in total. The van der Waals surface area contributed by atoms with Gasteiger partial charge in [-0.1, -0.05) is 13.3 Å². The van der Waals surface area contributed by atoms with E-state index in [2.05, 4.69) is 4.40 Å². The molecule has 0 radical (unpaired) electrons. The van der Waals surface area contributed by atoms with Crippen LogP contribution in [0.1, 0.15) is 46.1 Å². The molecule has 0 heterocycles. The van der Waals surface area contributed by atoms with Gasteiger partial charge in [0.2, 0.25) is 0 Å². The Morgan fingerprint density at radius 3 is 2.36 bits per heavy atom. The number of hydrogen-bond donors (Lipinski definition) is 0. The van der Waals surface area contributed by atoms with Gasteiger partial charge in [0.15, 0.2) is 5.71 Å². The molecule has 4 nitrogen and oxygen atoms in total. The molecule has 0 aliphatic heterocycles. The van der Waals surface area contributed by atoms with Gasteiger partial charge in [-0.3, -0.25) is 0 Å². The summed E-state index contributed by atoms with van der Waals surface area (Å²) in [5, 5.41) is 0. The summed E-state index contributed by atoms with van der Waals surface area (Å²) < 4.78 is 65.6. The van der Waals surface area contributed by atoms with E-state index in [9.17, 15) is 17.4 Å². The molecular weight excluding hydrogens is 355 g/mol. The van der Waals surface area contributed by atoms with Crippen LogP contribution in [0.2, 0.25) is 0 Å². The van der Waals surface area contributed by atoms with E-state index in [1.165, 1.54) is 25.3 Å². The Bertz CT molecular complexity index is 637. The minimum atomic E-state index is -4.77. The number of unbranched alkanes of at least 4 members (excludes halogenated alkanes) is 1. The Morgan fingerprint density at radius 2 is 1.88 bits per heavy atom. The fourth-order valence-corrected chi connectivity index (χ4v) is 2.41. The molecule has 0 fully saturated rings. The molecule has 1 atom stereocenters. The average molecular weight is 379 g/mol. The molecule has 142 valence electrons. The summed E-state index contributed by atoms with van der Waals surface area (Å²) >= 11 is 0. The third-order valence-electron chi connectivity index (χ3n) is 3.16. The molecule has 0 saturated carbocycles. The first-order valence-electron chi connectivity index (χ1n) is 7.89. The first-order valence-corrected chi connectivity index (χ1v) is 9.00. The first kappa shape index (κ1) is 21.5. The lowest BCUT2D eigenvalue weighted by Gasteiger charge is -2.18. The summed E-state index contributed by atoms with van der Waals surface area (Å²) in [4.78, 5) is 0. The smallest absolute Gasteiger partial charge is 0.434 e. The van der Waals surface area contributed by atoms with Crippen LogP contribution in [0.4, 0.5) is 13.2 Å². The SMILES string of the molecule is CCCCOc1ccc(C(=N[S@@](=O)C(C)(C)C)C(F)(F)F)c(OC)c1. The van der Waals surface area contributed by atoms with Crippen molar-refractivity contribution in [1.29, 1.82) is 0 Å². The van der Waals surface area contributed by atoms with Crippen LogP contribution >= 0.6 is 0 Å². The van der Waals surface area contributed by atoms with E-state index in [0.29, 0.717) is 12.4 Å². The van der Waals surface area contributed by atoms with Crippen molar-refractivity contribution in [1.82, 2.24) is 0 Å². The van der Waals surface area contributed by atoms with Crippen molar-refractivity contribution >= 4 is 16.7 Å². The van der Waals surface area contributed by atoms with E-state index < -0.39 is 27.6 Å². The maximum absolute atomic E-state index is 13.5. The van der Waals surface area contributed by atoms with Crippen molar-refractivity contribution in [2.24, 2.45) is 4.40 Å². The van der Waals surface area contributed by atoms with Gasteiger partial charge in [-0.15, -0.1) is 0 Å². The summed E-state index contributed by atoms with van der Waals surface area (Å²) in [7, 11) is -0.788. The topological polar surface area (TPSA) is 47.9 Å². The number of benzene rings is 1. The highest BCUT2D eigenvalue weighted by Gasteiger charge is 2.40. The van der Waals surface area contributed by atoms with Crippen molar-refractivity contribution in [2.75, 3.05) is 13.7 Å². The zero-order valence-corrected chi connectivity index (χ0v) is 15.9. The second kappa shape index (κ2) is 8.69. The van der Waals surface area contributed by atoms with Crippen LogP contribution in [-0.4, -0.2) is 34.6 Å². The van der Waals surface area contributed by atoms with Crippen LogP contribution in [0.3, 0.4) is 0 Å². The third-order valence-corrected chi connectivity index (χ3v) is 4.56. The number of nitrogens with zero attached hydrogens (tertiary/aromatic N) is 1. The van der Waals surface area contributed by atoms with Crippen LogP contribution in [-0.2, 0) is 11.0 Å². The van der Waals surface area contributed by atoms with Gasteiger partial charge in [0.25, 0.3) is 0 Å². The van der Waals surface area contributed by atoms with Crippen molar-refractivity contribution in [2.45, 2.75) is 51.5 Å². The highest BCUT2D eigenvalue weighted by atomic mass is 32.2. The molecule has 0 aliphatic rings. The monoisotopic (exact) mass is 379 g/mol. The van der Waals surface area contributed by atoms with Gasteiger partial charge in [-0.2, -0.15) is 17.6 Å². The molecule has 1 aromatic carbocycles. The third kappa shape index (κ3) is 6.34. The maximum Gasteiger partial charge on any atom is 0.434 e. The van der Waals surface area contributed by atoms with Crippen LogP contribution in [0.15, 0.2) is 22.6 Å². The highest BCUT2D eigenvalue weighted by Crippen LogP contribution is 2.32. The second-order valence-corrected chi connectivity index (χ2v) is 8.27. The van der Waals surface area contributed by atoms with Gasteiger partial charge in [0.1, 0.15) is 22.5 Å². The van der Waals surface area contributed by atoms with Crippen LogP contribution in [0, 0.1) is 0 Å². The van der Waals surface area contributed by atoms with Gasteiger partial charge in [-0.05, 0) is 39.3 Å². The normalized spacial score (nSPS) is 14.3. The van der Waals surface area contributed by atoms with E-state index in [1.54, 1.807) is 20.8 Å². The Hall–Kier alpha value is -1.57. The summed E-state index contributed by atoms with van der Waals surface area (Å²) in [6.45, 7) is 7.15. The van der Waals surface area contributed by atoms with E-state index >= 15 is 0 Å². The van der Waals surface area contributed by atoms with Gasteiger partial charge in [-0.25, -0.2) is 4.21 Å². The van der Waals surface area contributed by atoms with E-state index in [0.717, 1.165) is 12.8 Å². The molecule has 0 spiro atoms. The fraction of sp³-hybridized carbons (Fsp3) is 0.588. The molecule has 1 rings (SSSR count). The van der Waals surface area contributed by atoms with E-state index in [1.807, 2.05) is 6.92 Å². The molecule has 0 amide bonds. The predicted octanol–water partition coefficient (Wildman–Crippen LogP) is 4.69. The first-order chi connectivity index (χ1) is 11.5. The number of ether oxygens (including phenoxy) is 2. The minimum absolute atomic E-state index is 0.0315. The lowest BCUT2D eigenvalue weighted by Crippen LogP contribution is -2.28. The number of halogens is 3. The highest BCUT2D eigenvalue weighted by molar-refractivity contribution is 7.85. The molecular formula is C17H24F3NO3S. The average Bonchev–Trinajstić information content (AvgIpc) is 2.50. The summed E-state index contributed by atoms with van der Waals surface area (Å²) in [5.74, 6) is 0.378. The van der Waals surface area contributed by atoms with E-state index in [-0.39, 0.29) is 11.3 Å². The number of alkyl halides is 3. The molecule has 0 aliphatic carbocycles. The van der Waals surface area contributed by atoms with Crippen LogP contribution < -0.4 is 9.47 Å². The zero-order valence-electron chi connectivity index (χ0n) is 15.1. The van der Waals surface area contributed by atoms with Gasteiger partial charge < -0.3 is 9.47 Å². The molecule has 0 aromatic heterocycles. The summed E-state index contributed by atoms with van der Waals surface area (Å²) in [5.41, 5.74) is -1.49. The number of hydrogen-bond acceptors (Lipinski definition) is 3. The summed E-state index contributed by atoms with van der Waals surface area (Å²) in [6, 6.07) is 4.04. The molecule has 25 heavy (non-hydrogen) atoms. The minimum Gasteiger partial charge on any atom is -0.496 e. The molecule has 0 saturated heterocycles. The Kier molecular flexibility index (Phi) is 7.46. The van der Waals surface area contributed by atoms with Gasteiger partial charge in [0.05, 0.1) is 18.5 Å². The van der Waals surface area contributed by atoms with Crippen molar-refractivity contribution in [3.8, 4) is 11.5 Å². The zero-order chi connectivity index (χ0) is 19.3. The standard InChI is InChI=1S/C17H24F3NO3S/c1-6-7-10-24-12-8-9-13(14(11-12)23-5)15(17(18,19)20)21-25(22)16(2,3)4/h8-9,11H,6-7,10H2,1-5H3/t25-/m0/s1. The predicted molar refractivity (Wildman–Crippen MR) is 93.9 cm³/mol. The lowest BCUT2D eigenvalue weighted by atomic mass is 10.1. The van der Waals surface area contributed by atoms with Crippen molar-refractivity contribution < 1.29 is 26.9 Å². The van der Waals surface area contributed by atoms with Gasteiger partial charge in [0, 0.05) is 11.6 Å². The molecule has 0 unspecified atom stereocenters. The Balaban J connectivity index is 3.31. The quantitative estimate of drug-likeness (QED) is 0.510. The number of methoxy groups -OCH3 is 1. The van der Waals surface area contributed by atoms with Gasteiger partial charge >= 0.3 is 6.18 Å². The molecule has 8 heteroatoms. The fourth-order valence-electron chi connectivity index (χ4n) is 1.76. The van der Waals surface area contributed by atoms with Crippen molar-refractivity contribution in [3.05, 3.63) is 23.8 Å². The van der Waals surface area contributed by atoms with Crippen LogP contribution in [0.25, 0.3) is 0 Å². The Labute approximate surface area is 149 Å². The number of rotatable bonds is 7.